The molecule has 0 bridgehead atoms. The Bertz CT molecular complexity index is 637. The number of thiophene rings is 1. The predicted molar refractivity (Wildman–Crippen MR) is 97.0 cm³/mol. The number of carbonyl (C=O) groups is 1. The second kappa shape index (κ2) is 8.14. The highest BCUT2D eigenvalue weighted by atomic mass is 35.5. The Morgan fingerprint density at radius 1 is 1.33 bits per heavy atom. The molecule has 2 N–H and O–H groups in total. The first-order chi connectivity index (χ1) is 11.0. The highest BCUT2D eigenvalue weighted by Crippen LogP contribution is 2.27. The molecule has 2 fully saturated rings. The third-order valence-corrected chi connectivity index (χ3v) is 7.73. The van der Waals surface area contributed by atoms with Crippen LogP contribution in [-0.4, -0.2) is 51.4 Å². The maximum Gasteiger partial charge on any atom is 0.250 e. The molecular formula is C15H24ClN3O3S2. The van der Waals surface area contributed by atoms with E-state index in [1.807, 2.05) is 4.90 Å². The van der Waals surface area contributed by atoms with Crippen LogP contribution >= 0.6 is 23.7 Å². The van der Waals surface area contributed by atoms with Crippen molar-refractivity contribution in [3.05, 3.63) is 17.5 Å². The third kappa shape index (κ3) is 4.29. The Hall–Kier alpha value is -0.670. The zero-order valence-corrected chi connectivity index (χ0v) is 16.1. The number of halogens is 1. The number of sulfonamides is 1. The minimum Gasteiger partial charge on any atom is -0.341 e. The molecule has 2 saturated heterocycles. The van der Waals surface area contributed by atoms with Crippen LogP contribution in [0.15, 0.2) is 21.7 Å². The Morgan fingerprint density at radius 2 is 1.96 bits per heavy atom. The van der Waals surface area contributed by atoms with Crippen LogP contribution in [0.5, 0.6) is 0 Å². The summed E-state index contributed by atoms with van der Waals surface area (Å²) in [5.41, 5.74) is 0. The minimum atomic E-state index is -3.61. The topological polar surface area (TPSA) is 78.5 Å². The molecule has 0 saturated carbocycles. The molecule has 1 unspecified atom stereocenters. The van der Waals surface area contributed by atoms with E-state index in [2.05, 4.69) is 10.0 Å². The number of fused-ring (bicyclic) bond motifs is 1. The summed E-state index contributed by atoms with van der Waals surface area (Å²) in [5.74, 6) is 1.16. The van der Waals surface area contributed by atoms with Gasteiger partial charge >= 0.3 is 0 Å². The van der Waals surface area contributed by atoms with Gasteiger partial charge in [-0.2, -0.15) is 4.72 Å². The van der Waals surface area contributed by atoms with Gasteiger partial charge < -0.3 is 10.2 Å². The van der Waals surface area contributed by atoms with E-state index >= 15 is 0 Å². The predicted octanol–water partition coefficient (Wildman–Crippen LogP) is 1.29. The largest absolute Gasteiger partial charge is 0.341 e. The van der Waals surface area contributed by atoms with E-state index in [0.717, 1.165) is 37.3 Å². The van der Waals surface area contributed by atoms with Gasteiger partial charge in [0.05, 0.1) is 6.04 Å². The van der Waals surface area contributed by atoms with Crippen molar-refractivity contribution in [2.24, 2.45) is 11.8 Å². The average Bonchev–Trinajstić information content (AvgIpc) is 3.15. The van der Waals surface area contributed by atoms with Gasteiger partial charge in [0.1, 0.15) is 4.21 Å². The Kier molecular flexibility index (Phi) is 6.66. The van der Waals surface area contributed by atoms with Crippen molar-refractivity contribution in [2.45, 2.75) is 30.0 Å². The fourth-order valence-corrected chi connectivity index (χ4v) is 5.68. The number of hydrogen-bond acceptors (Lipinski definition) is 5. The summed E-state index contributed by atoms with van der Waals surface area (Å²) in [4.78, 5) is 14.4. The smallest absolute Gasteiger partial charge is 0.250 e. The first-order valence-electron chi connectivity index (χ1n) is 8.03. The molecule has 0 aliphatic carbocycles. The molecule has 1 amide bonds. The Labute approximate surface area is 153 Å². The summed E-state index contributed by atoms with van der Waals surface area (Å²) in [6.45, 7) is 5.13. The zero-order valence-electron chi connectivity index (χ0n) is 13.6. The maximum absolute atomic E-state index is 12.6. The summed E-state index contributed by atoms with van der Waals surface area (Å²) < 4.78 is 27.2. The Balaban J connectivity index is 0.00000208. The van der Waals surface area contributed by atoms with Crippen molar-refractivity contribution in [1.82, 2.24) is 14.9 Å². The minimum absolute atomic E-state index is 0. The molecule has 1 aromatic rings. The van der Waals surface area contributed by atoms with Crippen LogP contribution in [0, 0.1) is 11.8 Å². The summed E-state index contributed by atoms with van der Waals surface area (Å²) in [5, 5.41) is 5.12. The second-order valence-electron chi connectivity index (χ2n) is 6.36. The first-order valence-corrected chi connectivity index (χ1v) is 10.4. The van der Waals surface area contributed by atoms with Crippen molar-refractivity contribution < 1.29 is 13.2 Å². The van der Waals surface area contributed by atoms with Crippen molar-refractivity contribution in [3.63, 3.8) is 0 Å². The van der Waals surface area contributed by atoms with Gasteiger partial charge in [0.2, 0.25) is 5.91 Å². The number of likely N-dealkylation sites (tertiary alicyclic amines) is 1. The van der Waals surface area contributed by atoms with E-state index < -0.39 is 16.1 Å². The summed E-state index contributed by atoms with van der Waals surface area (Å²) in [6, 6.07) is 2.50. The van der Waals surface area contributed by atoms with Gasteiger partial charge in [-0.15, -0.1) is 23.7 Å². The third-order valence-electron chi connectivity index (χ3n) is 4.79. The van der Waals surface area contributed by atoms with E-state index in [1.165, 1.54) is 0 Å². The quantitative estimate of drug-likeness (QED) is 0.808. The van der Waals surface area contributed by atoms with Gasteiger partial charge in [-0.3, -0.25) is 4.79 Å². The molecule has 0 spiro atoms. The number of rotatable bonds is 4. The van der Waals surface area contributed by atoms with Crippen LogP contribution in [0.4, 0.5) is 0 Å². The van der Waals surface area contributed by atoms with E-state index in [4.69, 9.17) is 0 Å². The highest BCUT2D eigenvalue weighted by molar-refractivity contribution is 7.91. The van der Waals surface area contributed by atoms with Crippen LogP contribution in [-0.2, 0) is 14.8 Å². The average molecular weight is 394 g/mol. The molecular weight excluding hydrogens is 370 g/mol. The van der Waals surface area contributed by atoms with Gasteiger partial charge in [-0.25, -0.2) is 8.42 Å². The van der Waals surface area contributed by atoms with Gasteiger partial charge in [-0.05, 0) is 56.1 Å². The van der Waals surface area contributed by atoms with Crippen molar-refractivity contribution in [2.75, 3.05) is 26.2 Å². The molecule has 0 radical (unpaired) electrons. The number of amides is 1. The lowest BCUT2D eigenvalue weighted by Gasteiger charge is -2.24. The first kappa shape index (κ1) is 19.7. The van der Waals surface area contributed by atoms with Gasteiger partial charge in [0.25, 0.3) is 10.0 Å². The zero-order chi connectivity index (χ0) is 16.4. The van der Waals surface area contributed by atoms with Gasteiger partial charge in [0.15, 0.2) is 0 Å². The van der Waals surface area contributed by atoms with Crippen LogP contribution in [0.25, 0.3) is 0 Å². The van der Waals surface area contributed by atoms with Crippen molar-refractivity contribution >= 4 is 39.7 Å². The van der Waals surface area contributed by atoms with Crippen LogP contribution in [0.1, 0.15) is 19.8 Å². The van der Waals surface area contributed by atoms with E-state index in [9.17, 15) is 13.2 Å². The van der Waals surface area contributed by atoms with Crippen molar-refractivity contribution in [3.8, 4) is 0 Å². The molecule has 0 aromatic carbocycles. The summed E-state index contributed by atoms with van der Waals surface area (Å²) in [6.07, 6.45) is 1.99. The lowest BCUT2D eigenvalue weighted by Crippen LogP contribution is -2.47. The second-order valence-corrected chi connectivity index (χ2v) is 9.24. The van der Waals surface area contributed by atoms with E-state index in [0.29, 0.717) is 24.9 Å². The van der Waals surface area contributed by atoms with E-state index in [-0.39, 0.29) is 22.5 Å². The molecule has 2 aliphatic rings. The van der Waals surface area contributed by atoms with Crippen LogP contribution < -0.4 is 10.0 Å². The molecule has 136 valence electrons. The van der Waals surface area contributed by atoms with Crippen LogP contribution in [0.3, 0.4) is 0 Å². The normalized spacial score (nSPS) is 25.5. The molecule has 3 rings (SSSR count). The standard InChI is InChI=1S/C15H23N3O3S2.ClH/c1-11(17-23(20,21)14-3-2-8-22-14)15(19)18-6-4-12-9-16-10-13(12)5-7-18;/h2-3,8,11-13,16-17H,4-7,9-10H2,1H3;1H/t11?,12-,13+;. The Morgan fingerprint density at radius 3 is 2.50 bits per heavy atom. The molecule has 9 heteroatoms. The SMILES string of the molecule is CC(NS(=O)(=O)c1cccs1)C(=O)N1CC[C@@H]2CNC[C@@H]2CC1.Cl. The fraction of sp³-hybridized carbons (Fsp3) is 0.667. The van der Waals surface area contributed by atoms with Gasteiger partial charge in [0, 0.05) is 13.1 Å². The molecule has 24 heavy (non-hydrogen) atoms. The van der Waals surface area contributed by atoms with Crippen molar-refractivity contribution in [1.29, 1.82) is 0 Å². The lowest BCUT2D eigenvalue weighted by atomic mass is 9.92. The molecule has 1 aromatic heterocycles. The summed E-state index contributed by atoms with van der Waals surface area (Å²) >= 11 is 1.15. The molecule has 3 heterocycles. The number of carbonyl (C=O) groups excluding carboxylic acids is 1. The number of hydrogen-bond donors (Lipinski definition) is 2. The molecule has 6 nitrogen and oxygen atoms in total. The fourth-order valence-electron chi connectivity index (χ4n) is 3.47. The summed E-state index contributed by atoms with van der Waals surface area (Å²) in [7, 11) is -3.61. The number of nitrogens with zero attached hydrogens (tertiary/aromatic N) is 1. The lowest BCUT2D eigenvalue weighted by molar-refractivity contribution is -0.132. The monoisotopic (exact) mass is 393 g/mol. The van der Waals surface area contributed by atoms with E-state index in [1.54, 1.807) is 24.4 Å². The maximum atomic E-state index is 12.6. The van der Waals surface area contributed by atoms with Crippen LogP contribution in [0.2, 0.25) is 0 Å². The molecule has 3 atom stereocenters. The molecule has 2 aliphatic heterocycles. The highest BCUT2D eigenvalue weighted by Gasteiger charge is 2.33. The van der Waals surface area contributed by atoms with Gasteiger partial charge in [-0.1, -0.05) is 6.07 Å². The number of nitrogens with one attached hydrogen (secondary N) is 2.